The zero-order valence-corrected chi connectivity index (χ0v) is 71.1. The molecule has 125 heavy (non-hydrogen) atoms. The van der Waals surface area contributed by atoms with Crippen LogP contribution in [0.25, 0.3) is 21.8 Å². The molecule has 0 radical (unpaired) electrons. The number of carbonyl (C=O) groups excluding carboxylic acids is 19. The first-order chi connectivity index (χ1) is 59.2. The van der Waals surface area contributed by atoms with Gasteiger partial charge in [0, 0.05) is 104 Å². The van der Waals surface area contributed by atoms with Gasteiger partial charge in [-0.05, 0) is 105 Å². The molecule has 46 heteroatoms. The van der Waals surface area contributed by atoms with Crippen LogP contribution in [0.1, 0.15) is 115 Å². The first kappa shape index (κ1) is 102. The maximum atomic E-state index is 15.3. The molecule has 5 rings (SSSR count). The van der Waals surface area contributed by atoms with Crippen LogP contribution in [0, 0.1) is 5.92 Å². The minimum absolute atomic E-state index is 0.0792. The number of aromatic amines is 2. The molecule has 44 nitrogen and oxygen atoms in total. The molecule has 0 aliphatic carbocycles. The zero-order chi connectivity index (χ0) is 92.7. The number of rotatable bonds is 55. The topological polar surface area (TPSA) is 733 Å². The van der Waals surface area contributed by atoms with Crippen molar-refractivity contribution in [2.45, 2.75) is 196 Å². The molecular formula is C79H113N23O21S2. The second kappa shape index (κ2) is 51.7. The second-order valence-electron chi connectivity index (χ2n) is 29.8. The van der Waals surface area contributed by atoms with Gasteiger partial charge in [0.25, 0.3) is 0 Å². The Morgan fingerprint density at radius 2 is 0.824 bits per heavy atom. The van der Waals surface area contributed by atoms with Gasteiger partial charge in [-0.1, -0.05) is 62.4 Å². The van der Waals surface area contributed by atoms with E-state index in [1.165, 1.54) is 44.3 Å². The van der Waals surface area contributed by atoms with Crippen molar-refractivity contribution in [3.63, 3.8) is 0 Å². The largest absolute Gasteiger partial charge is 0.508 e. The van der Waals surface area contributed by atoms with Crippen LogP contribution < -0.4 is 114 Å². The fourth-order valence-electron chi connectivity index (χ4n) is 12.8. The number of urea groups is 1. The molecule has 682 valence electrons. The van der Waals surface area contributed by atoms with Gasteiger partial charge >= 0.3 is 6.03 Å². The first-order valence-electron chi connectivity index (χ1n) is 40.0. The lowest BCUT2D eigenvalue weighted by molar-refractivity contribution is -0.137. The van der Waals surface area contributed by atoms with Crippen molar-refractivity contribution in [2.75, 3.05) is 37.7 Å². The highest BCUT2D eigenvalue weighted by Crippen LogP contribution is 2.23. The van der Waals surface area contributed by atoms with Crippen LogP contribution in [0.15, 0.2) is 85.2 Å². The predicted molar refractivity (Wildman–Crippen MR) is 459 cm³/mol. The molecule has 0 fully saturated rings. The Morgan fingerprint density at radius 1 is 0.400 bits per heavy atom. The normalized spacial score (nSPS) is 14.2. The molecule has 20 amide bonds. The van der Waals surface area contributed by atoms with Gasteiger partial charge in [0.1, 0.15) is 78.3 Å². The third kappa shape index (κ3) is 35.0. The zero-order valence-electron chi connectivity index (χ0n) is 69.3. The monoisotopic (exact) mass is 1780 g/mol. The van der Waals surface area contributed by atoms with Crippen molar-refractivity contribution < 1.29 is 101 Å². The minimum atomic E-state index is -1.93. The average Bonchev–Trinajstić information content (AvgIpc) is 1.67. The summed E-state index contributed by atoms with van der Waals surface area (Å²) in [4.78, 5) is 263. The summed E-state index contributed by atoms with van der Waals surface area (Å²) in [6.45, 7) is 4.42. The standard InChI is InChI=1S/C79H113N23O21S2/c1-39(2)65(77(121)99-57(33-62(83)108)68(112)90-36-64(110)86-29-26-63(109)92-50(67(84)111)16-9-10-27-80)101-70(114)51(17-11-28-87-79(85)123)93-73(117)55(31-43-34-88-48-14-7-5-12-46(43)48)97-72(116)54(30-42-18-20-45(105)21-19-42)96-76(120)59(38-125)100-69(113)52(22-24-60(81)106)94-74(118)56(32-44-35-89-49-15-8-6-13-47(44)49)98-78(122)66(40(3)103)102-71(115)53(23-25-61(82)107)95-75(119)58(37-124)91-41(4)104/h5-8,12-15,18-21,34-35,39-40,50-59,65-66,88-89,103,105,124-125H,9-11,16-17,22-33,36-38,80H2,1-4H3,(H2,81,106)(H2,82,107)(H2,83,108)(H2,84,111)(H,86,110)(H,90,112)(H,91,104)(H,92,109)(H,93,117)(H,94,118)(H,95,119)(H,96,120)(H,97,116)(H,98,122)(H,99,121)(H,100,113)(H,101,114)(H,102,115)(H3,85,87,123)/t40-,50-,51+,52+,53+,54+,55+,56+,57+,58+,59+,65+,66+/m1/s1. The number of primary amides is 5. The summed E-state index contributed by atoms with van der Waals surface area (Å²) >= 11 is 8.46. The predicted octanol–water partition coefficient (Wildman–Crippen LogP) is -6.79. The van der Waals surface area contributed by atoms with Crippen molar-refractivity contribution in [3.8, 4) is 5.75 Å². The number of nitrogens with one attached hydrogen (secondary N) is 17. The summed E-state index contributed by atoms with van der Waals surface area (Å²) in [6, 6.07) is -1.46. The van der Waals surface area contributed by atoms with E-state index in [2.05, 4.69) is 115 Å². The quantitative estimate of drug-likeness (QED) is 0.0127. The number of aliphatic hydroxyl groups excluding tert-OH is 1. The van der Waals surface area contributed by atoms with E-state index in [9.17, 15) is 91.7 Å². The van der Waals surface area contributed by atoms with Crippen LogP contribution >= 0.6 is 25.3 Å². The molecule has 0 bridgehead atoms. The van der Waals surface area contributed by atoms with E-state index in [0.717, 1.165) is 13.8 Å². The summed E-state index contributed by atoms with van der Waals surface area (Å²) in [6.07, 6.45) is -2.09. The highest BCUT2D eigenvalue weighted by Gasteiger charge is 2.39. The molecule has 0 saturated carbocycles. The Kier molecular flexibility index (Phi) is 42.4. The van der Waals surface area contributed by atoms with E-state index in [1.807, 2.05) is 0 Å². The Bertz CT molecular complexity index is 4640. The highest BCUT2D eigenvalue weighted by molar-refractivity contribution is 7.80. The van der Waals surface area contributed by atoms with Gasteiger partial charge in [0.05, 0.1) is 19.1 Å². The van der Waals surface area contributed by atoms with Crippen LogP contribution in [0.4, 0.5) is 4.79 Å². The summed E-state index contributed by atoms with van der Waals surface area (Å²) in [7, 11) is 0. The Balaban J connectivity index is 1.44. The number of amides is 20. The number of aromatic hydroxyl groups is 1. The molecule has 3 aromatic carbocycles. The van der Waals surface area contributed by atoms with Crippen molar-refractivity contribution in [1.29, 1.82) is 0 Å². The number of hydrogen-bond acceptors (Lipinski definition) is 24. The number of phenolic OH excluding ortho intramolecular Hbond substituents is 1. The molecule has 31 N–H and O–H groups in total. The third-order valence-corrected chi connectivity index (χ3v) is 20.2. The number of H-pyrrole nitrogens is 2. The van der Waals surface area contributed by atoms with Crippen LogP contribution in [0.3, 0.4) is 0 Å². The molecule has 0 unspecified atom stereocenters. The van der Waals surface area contributed by atoms with E-state index in [1.54, 1.807) is 54.7 Å². The van der Waals surface area contributed by atoms with Gasteiger partial charge < -0.3 is 134 Å². The molecule has 2 heterocycles. The number of thiol groups is 2. The maximum absolute atomic E-state index is 15.3. The molecule has 13 atom stereocenters. The van der Waals surface area contributed by atoms with Crippen molar-refractivity contribution in [3.05, 3.63) is 102 Å². The van der Waals surface area contributed by atoms with E-state index in [-0.39, 0.29) is 63.1 Å². The highest BCUT2D eigenvalue weighted by atomic mass is 32.1. The molecule has 5 aromatic rings. The van der Waals surface area contributed by atoms with Crippen LogP contribution in [0.2, 0.25) is 0 Å². The number of para-hydroxylation sites is 2. The van der Waals surface area contributed by atoms with Crippen LogP contribution in [-0.2, 0) is 106 Å². The number of nitrogens with two attached hydrogens (primary N) is 6. The smallest absolute Gasteiger partial charge is 0.312 e. The number of carbonyl (C=O) groups is 19. The average molecular weight is 1790 g/mol. The summed E-state index contributed by atoms with van der Waals surface area (Å²) in [5.74, 6) is -19.6. The summed E-state index contributed by atoms with van der Waals surface area (Å²) in [5, 5.41) is 59.4. The van der Waals surface area contributed by atoms with Gasteiger partial charge in [0.2, 0.25) is 106 Å². The molecule has 0 saturated heterocycles. The van der Waals surface area contributed by atoms with Crippen LogP contribution in [-0.4, -0.2) is 249 Å². The maximum Gasteiger partial charge on any atom is 0.312 e. The summed E-state index contributed by atoms with van der Waals surface area (Å²) in [5.41, 5.74) is 35.0. The van der Waals surface area contributed by atoms with E-state index in [4.69, 9.17) is 34.4 Å². The van der Waals surface area contributed by atoms with Gasteiger partial charge in [0.15, 0.2) is 0 Å². The van der Waals surface area contributed by atoms with Gasteiger partial charge in [-0.2, -0.15) is 25.3 Å². The molecule has 0 aliphatic heterocycles. The lowest BCUT2D eigenvalue weighted by atomic mass is 10.00. The van der Waals surface area contributed by atoms with Gasteiger partial charge in [-0.3, -0.25) is 86.3 Å². The number of aromatic nitrogens is 2. The van der Waals surface area contributed by atoms with E-state index in [0.29, 0.717) is 57.9 Å². The second-order valence-corrected chi connectivity index (χ2v) is 30.5. The Morgan fingerprint density at radius 3 is 1.29 bits per heavy atom. The van der Waals surface area contributed by atoms with Gasteiger partial charge in [-0.15, -0.1) is 0 Å². The number of aliphatic hydroxyl groups is 1. The number of unbranched alkanes of at least 4 members (excludes halogenated alkanes) is 1. The number of hydrogen-bond donors (Lipinski definition) is 27. The lowest BCUT2D eigenvalue weighted by Gasteiger charge is -2.29. The molecule has 0 spiro atoms. The SMILES string of the molecule is CC(=O)N[C@@H](CS)C(=O)N[C@@H](CCC(N)=O)C(=O)N[C@H](C(=O)N[C@@H](Cc1c[nH]c2ccccc12)C(=O)N[C@@H](CCC(N)=O)C(=O)N[C@@H](CS)C(=O)N[C@@H](Cc1ccc(O)cc1)C(=O)N[C@@H](Cc1c[nH]c2ccccc12)C(=O)N[C@@H](CCCNC(N)=O)C(=O)N[C@H](C(=O)N[C@@H](CC(N)=O)C(=O)NCC(=O)NCCC(=O)N[C@H](CCCCN)C(N)=O)C(C)C)[C@@H](C)O. The Hall–Kier alpha value is -13.1. The third-order valence-electron chi connectivity index (χ3n) is 19.5. The van der Waals surface area contributed by atoms with Crippen molar-refractivity contribution in [2.24, 2.45) is 40.3 Å². The van der Waals surface area contributed by atoms with Crippen molar-refractivity contribution >= 4 is 159 Å². The molecular weight excluding hydrogens is 1670 g/mol. The van der Waals surface area contributed by atoms with Crippen molar-refractivity contribution in [1.82, 2.24) is 89.7 Å². The fourth-order valence-corrected chi connectivity index (χ4v) is 13.3. The van der Waals surface area contributed by atoms with E-state index >= 15 is 9.59 Å². The molecule has 0 aliphatic rings. The lowest BCUT2D eigenvalue weighted by Crippen LogP contribution is -2.62. The Labute approximate surface area is 728 Å². The first-order valence-corrected chi connectivity index (χ1v) is 41.3. The minimum Gasteiger partial charge on any atom is -0.508 e. The molecule has 2 aromatic heterocycles. The summed E-state index contributed by atoms with van der Waals surface area (Å²) < 4.78 is 0. The number of phenols is 1. The van der Waals surface area contributed by atoms with Crippen LogP contribution in [0.5, 0.6) is 5.75 Å². The number of benzene rings is 3. The van der Waals surface area contributed by atoms with Gasteiger partial charge in [-0.25, -0.2) is 4.79 Å². The fraction of sp³-hybridized carbons (Fsp3) is 0.481. The number of fused-ring (bicyclic) bond motifs is 2. The van der Waals surface area contributed by atoms with E-state index < -0.39 is 248 Å².